The first-order valence-corrected chi connectivity index (χ1v) is 7.98. The van der Waals surface area contributed by atoms with Gasteiger partial charge >= 0.3 is 5.97 Å². The van der Waals surface area contributed by atoms with Crippen LogP contribution in [0.25, 0.3) is 0 Å². The smallest absolute Gasteiger partial charge is 0.339 e. The van der Waals surface area contributed by atoms with Crippen molar-refractivity contribution in [3.05, 3.63) is 65.5 Å². The molecule has 0 aliphatic heterocycles. The molecule has 1 aliphatic carbocycles. The number of amides is 1. The van der Waals surface area contributed by atoms with Crippen LogP contribution in [0.5, 0.6) is 5.75 Å². The normalized spacial score (nSPS) is 14.5. The molecule has 6 heteroatoms. The zero-order valence-corrected chi connectivity index (χ0v) is 13.7. The highest BCUT2D eigenvalue weighted by Crippen LogP contribution is 2.25. The first kappa shape index (κ1) is 17.0. The zero-order chi connectivity index (χ0) is 17.8. The molecule has 5 nitrogen and oxygen atoms in total. The van der Waals surface area contributed by atoms with E-state index in [0.29, 0.717) is 5.56 Å². The van der Waals surface area contributed by atoms with Crippen molar-refractivity contribution in [2.75, 3.05) is 7.11 Å². The summed E-state index contributed by atoms with van der Waals surface area (Å²) < 4.78 is 24.0. The van der Waals surface area contributed by atoms with Crippen LogP contribution in [0.4, 0.5) is 4.39 Å². The molecule has 0 aromatic heterocycles. The van der Waals surface area contributed by atoms with Crippen molar-refractivity contribution in [2.24, 2.45) is 0 Å². The van der Waals surface area contributed by atoms with Gasteiger partial charge in [-0.15, -0.1) is 0 Å². The molecule has 1 saturated carbocycles. The molecule has 130 valence electrons. The molecule has 1 N–H and O–H groups in total. The minimum Gasteiger partial charge on any atom is -0.494 e. The van der Waals surface area contributed by atoms with Crippen LogP contribution in [0.15, 0.2) is 48.5 Å². The molecule has 1 fully saturated rings. The van der Waals surface area contributed by atoms with E-state index < -0.39 is 17.9 Å². The Kier molecular flexibility index (Phi) is 4.97. The summed E-state index contributed by atoms with van der Waals surface area (Å²) >= 11 is 0. The van der Waals surface area contributed by atoms with Gasteiger partial charge in [0.25, 0.3) is 5.91 Å². The first-order valence-electron chi connectivity index (χ1n) is 7.98. The van der Waals surface area contributed by atoms with Crippen LogP contribution in [-0.2, 0) is 9.53 Å². The Morgan fingerprint density at radius 1 is 1.16 bits per heavy atom. The molecule has 3 rings (SSSR count). The molecule has 0 radical (unpaired) electrons. The average Bonchev–Trinajstić information content (AvgIpc) is 3.44. The Morgan fingerprint density at radius 3 is 2.48 bits per heavy atom. The highest BCUT2D eigenvalue weighted by molar-refractivity contribution is 5.93. The van der Waals surface area contributed by atoms with Crippen molar-refractivity contribution in [3.8, 4) is 5.75 Å². The largest absolute Gasteiger partial charge is 0.494 e. The van der Waals surface area contributed by atoms with Crippen molar-refractivity contribution in [1.29, 1.82) is 0 Å². The van der Waals surface area contributed by atoms with Crippen LogP contribution in [0.3, 0.4) is 0 Å². The number of rotatable bonds is 6. The number of carbonyl (C=O) groups is 2. The molecule has 1 aliphatic rings. The van der Waals surface area contributed by atoms with E-state index in [2.05, 4.69) is 5.32 Å². The standard InChI is InChI=1S/C19H18FNO4/c1-24-16-10-7-13(11-15(16)20)19(23)25-17(12-5-3-2-4-6-12)18(22)21-14-8-9-14/h2-7,10-11,14,17H,8-9H2,1H3,(H,21,22)/t17-/m1/s1. The predicted molar refractivity (Wildman–Crippen MR) is 88.7 cm³/mol. The molecule has 0 spiro atoms. The van der Waals surface area contributed by atoms with Crippen molar-refractivity contribution in [3.63, 3.8) is 0 Å². The fraction of sp³-hybridized carbons (Fsp3) is 0.263. The Morgan fingerprint density at radius 2 is 1.88 bits per heavy atom. The number of benzene rings is 2. The summed E-state index contributed by atoms with van der Waals surface area (Å²) in [5.41, 5.74) is 0.571. The number of halogens is 1. The second-order valence-electron chi connectivity index (χ2n) is 5.83. The number of nitrogens with one attached hydrogen (secondary N) is 1. The molecule has 0 unspecified atom stereocenters. The third kappa shape index (κ3) is 4.15. The molecule has 0 saturated heterocycles. The number of hydrogen-bond donors (Lipinski definition) is 1. The lowest BCUT2D eigenvalue weighted by molar-refractivity contribution is -0.130. The maximum absolute atomic E-state index is 13.8. The van der Waals surface area contributed by atoms with Crippen LogP contribution in [0, 0.1) is 5.82 Å². The summed E-state index contributed by atoms with van der Waals surface area (Å²) in [4.78, 5) is 24.8. The summed E-state index contributed by atoms with van der Waals surface area (Å²) in [6.07, 6.45) is 0.759. The number of carbonyl (C=O) groups excluding carboxylic acids is 2. The molecular formula is C19H18FNO4. The van der Waals surface area contributed by atoms with Crippen molar-refractivity contribution < 1.29 is 23.5 Å². The van der Waals surface area contributed by atoms with Gasteiger partial charge in [0, 0.05) is 11.6 Å². The molecule has 25 heavy (non-hydrogen) atoms. The van der Waals surface area contributed by atoms with Gasteiger partial charge < -0.3 is 14.8 Å². The van der Waals surface area contributed by atoms with Gasteiger partial charge in [-0.25, -0.2) is 9.18 Å². The van der Waals surface area contributed by atoms with Gasteiger partial charge in [-0.05, 0) is 31.0 Å². The van der Waals surface area contributed by atoms with Gasteiger partial charge in [-0.2, -0.15) is 0 Å². The topological polar surface area (TPSA) is 64.6 Å². The van der Waals surface area contributed by atoms with Crippen LogP contribution >= 0.6 is 0 Å². The minimum atomic E-state index is -1.08. The Bertz CT molecular complexity index is 774. The third-order valence-electron chi connectivity index (χ3n) is 3.88. The summed E-state index contributed by atoms with van der Waals surface area (Å²) in [7, 11) is 1.34. The van der Waals surface area contributed by atoms with E-state index in [1.54, 1.807) is 30.3 Å². The highest BCUT2D eigenvalue weighted by atomic mass is 19.1. The third-order valence-corrected chi connectivity index (χ3v) is 3.88. The van der Waals surface area contributed by atoms with Gasteiger partial charge in [0.1, 0.15) is 0 Å². The number of methoxy groups -OCH3 is 1. The van der Waals surface area contributed by atoms with E-state index in [1.807, 2.05) is 0 Å². The first-order chi connectivity index (χ1) is 12.1. The van der Waals surface area contributed by atoms with Gasteiger partial charge in [-0.1, -0.05) is 30.3 Å². The molecule has 0 bridgehead atoms. The summed E-state index contributed by atoms with van der Waals surface area (Å²) in [5.74, 6) is -1.80. The van der Waals surface area contributed by atoms with Crippen molar-refractivity contribution in [1.82, 2.24) is 5.32 Å². The molecule has 0 heterocycles. The van der Waals surface area contributed by atoms with E-state index in [4.69, 9.17) is 9.47 Å². The predicted octanol–water partition coefficient (Wildman–Crippen LogP) is 3.01. The van der Waals surface area contributed by atoms with Crippen molar-refractivity contribution >= 4 is 11.9 Å². The van der Waals surface area contributed by atoms with Crippen LogP contribution < -0.4 is 10.1 Å². The van der Waals surface area contributed by atoms with E-state index in [9.17, 15) is 14.0 Å². The quantitative estimate of drug-likeness (QED) is 0.819. The average molecular weight is 343 g/mol. The minimum absolute atomic E-state index is 0.0125. The monoisotopic (exact) mass is 343 g/mol. The van der Waals surface area contributed by atoms with Crippen LogP contribution in [-0.4, -0.2) is 25.0 Å². The van der Waals surface area contributed by atoms with Crippen LogP contribution in [0.1, 0.15) is 34.9 Å². The Balaban J connectivity index is 1.80. The van der Waals surface area contributed by atoms with E-state index in [-0.39, 0.29) is 23.3 Å². The van der Waals surface area contributed by atoms with Gasteiger partial charge in [0.2, 0.25) is 6.10 Å². The highest BCUT2D eigenvalue weighted by Gasteiger charge is 2.31. The maximum atomic E-state index is 13.8. The second kappa shape index (κ2) is 7.34. The van der Waals surface area contributed by atoms with E-state index >= 15 is 0 Å². The van der Waals surface area contributed by atoms with E-state index in [0.717, 1.165) is 18.9 Å². The number of hydrogen-bond acceptors (Lipinski definition) is 4. The molecule has 2 aromatic rings. The number of ether oxygens (including phenoxy) is 2. The lowest BCUT2D eigenvalue weighted by Gasteiger charge is -2.18. The summed E-state index contributed by atoms with van der Waals surface area (Å²) in [5, 5.41) is 2.83. The molecule has 2 aromatic carbocycles. The molecule has 1 amide bonds. The maximum Gasteiger partial charge on any atom is 0.339 e. The fourth-order valence-electron chi connectivity index (χ4n) is 2.37. The van der Waals surface area contributed by atoms with Crippen LogP contribution in [0.2, 0.25) is 0 Å². The molecule has 1 atom stereocenters. The lowest BCUT2D eigenvalue weighted by Crippen LogP contribution is -2.33. The lowest BCUT2D eigenvalue weighted by atomic mass is 10.1. The second-order valence-corrected chi connectivity index (χ2v) is 5.83. The molecular weight excluding hydrogens is 325 g/mol. The fourth-order valence-corrected chi connectivity index (χ4v) is 2.37. The van der Waals surface area contributed by atoms with Crippen molar-refractivity contribution in [2.45, 2.75) is 25.0 Å². The summed E-state index contributed by atoms with van der Waals surface area (Å²) in [6.45, 7) is 0. The Hall–Kier alpha value is -2.89. The van der Waals surface area contributed by atoms with Gasteiger partial charge in [0.05, 0.1) is 12.7 Å². The van der Waals surface area contributed by atoms with E-state index in [1.165, 1.54) is 19.2 Å². The number of esters is 1. The summed E-state index contributed by atoms with van der Waals surface area (Å²) in [6, 6.07) is 12.6. The Labute approximate surface area is 144 Å². The van der Waals surface area contributed by atoms with Gasteiger partial charge in [0.15, 0.2) is 11.6 Å². The SMILES string of the molecule is COc1ccc(C(=O)O[C@@H](C(=O)NC2CC2)c2ccccc2)cc1F. The van der Waals surface area contributed by atoms with Gasteiger partial charge in [-0.3, -0.25) is 4.79 Å². The zero-order valence-electron chi connectivity index (χ0n) is 13.7.